The van der Waals surface area contributed by atoms with Gasteiger partial charge in [-0.3, -0.25) is 0 Å². The van der Waals surface area contributed by atoms with E-state index in [1.807, 2.05) is 12.1 Å². The van der Waals surface area contributed by atoms with E-state index in [4.69, 9.17) is 4.42 Å². The molecular formula is C56H35NO. The van der Waals surface area contributed by atoms with Crippen LogP contribution in [0.1, 0.15) is 0 Å². The Hall–Kier alpha value is -7.68. The average molecular weight is 738 g/mol. The number of aromatic nitrogens is 1. The lowest BCUT2D eigenvalue weighted by atomic mass is 9.86. The number of hydrogen-bond donors (Lipinski definition) is 0. The Labute approximate surface area is 335 Å². The highest BCUT2D eigenvalue weighted by atomic mass is 16.3. The van der Waals surface area contributed by atoms with E-state index in [2.05, 4.69) is 205 Å². The molecule has 0 bridgehead atoms. The van der Waals surface area contributed by atoms with Gasteiger partial charge in [-0.25, -0.2) is 0 Å². The molecule has 0 unspecified atom stereocenters. The van der Waals surface area contributed by atoms with Gasteiger partial charge in [0.25, 0.3) is 0 Å². The molecule has 0 amide bonds. The number of nitrogens with zero attached hydrogens (tertiary/aromatic N) is 1. The number of furan rings is 1. The number of hydrogen-bond acceptors (Lipinski definition) is 1. The fourth-order valence-electron chi connectivity index (χ4n) is 9.40. The molecule has 270 valence electrons. The summed E-state index contributed by atoms with van der Waals surface area (Å²) in [7, 11) is 0. The van der Waals surface area contributed by atoms with Crippen LogP contribution in [0.15, 0.2) is 217 Å². The van der Waals surface area contributed by atoms with Gasteiger partial charge in [-0.1, -0.05) is 176 Å². The van der Waals surface area contributed by atoms with Crippen LogP contribution in [0.25, 0.3) is 115 Å². The first-order valence-electron chi connectivity index (χ1n) is 19.9. The Balaban J connectivity index is 0.998. The molecule has 0 aliphatic rings. The smallest absolute Gasteiger partial charge is 0.143 e. The zero-order valence-electron chi connectivity index (χ0n) is 31.6. The standard InChI is InChI=1S/C56H35NO/c1-2-14-36(15-3-1)54-46-20-4-6-22-48(46)55(49-23-7-5-21-47(49)54)37-28-31-41(32-29-37)57-51-26-10-8-18-43(51)44-33-30-39(35-52(44)57)38-16-12-17-40(34-38)42-24-13-25-50-45-19-9-11-27-53(45)58-56(42)50/h1-35H. The van der Waals surface area contributed by atoms with Crippen LogP contribution in [0.2, 0.25) is 0 Å². The topological polar surface area (TPSA) is 18.1 Å². The minimum absolute atomic E-state index is 0.912. The highest BCUT2D eigenvalue weighted by Crippen LogP contribution is 2.44. The Bertz CT molecular complexity index is 3490. The lowest BCUT2D eigenvalue weighted by molar-refractivity contribution is 0.670. The quantitative estimate of drug-likeness (QED) is 0.161. The van der Waals surface area contributed by atoms with Crippen LogP contribution in [-0.4, -0.2) is 4.57 Å². The first-order valence-corrected chi connectivity index (χ1v) is 19.9. The normalized spacial score (nSPS) is 11.8. The second kappa shape index (κ2) is 12.9. The van der Waals surface area contributed by atoms with Crippen molar-refractivity contribution in [2.45, 2.75) is 0 Å². The molecular weight excluding hydrogens is 703 g/mol. The van der Waals surface area contributed by atoms with Crippen molar-refractivity contribution in [1.82, 2.24) is 4.57 Å². The third-order valence-corrected chi connectivity index (χ3v) is 12.0. The van der Waals surface area contributed by atoms with Crippen LogP contribution < -0.4 is 0 Å². The van der Waals surface area contributed by atoms with Crippen molar-refractivity contribution in [3.05, 3.63) is 212 Å². The van der Waals surface area contributed by atoms with Gasteiger partial charge in [0, 0.05) is 32.8 Å². The Kier molecular flexibility index (Phi) is 7.26. The minimum Gasteiger partial charge on any atom is -0.455 e. The maximum Gasteiger partial charge on any atom is 0.143 e. The van der Waals surface area contributed by atoms with Crippen LogP contribution in [0, 0.1) is 0 Å². The van der Waals surface area contributed by atoms with Crippen molar-refractivity contribution in [3.8, 4) is 50.2 Å². The van der Waals surface area contributed by atoms with Gasteiger partial charge in [0.15, 0.2) is 0 Å². The van der Waals surface area contributed by atoms with Gasteiger partial charge in [0.05, 0.1) is 11.0 Å². The molecule has 10 aromatic carbocycles. The van der Waals surface area contributed by atoms with Gasteiger partial charge in [-0.05, 0) is 96.9 Å². The number of rotatable bonds is 5. The molecule has 0 radical (unpaired) electrons. The molecule has 0 fully saturated rings. The van der Waals surface area contributed by atoms with Crippen molar-refractivity contribution >= 4 is 65.3 Å². The predicted octanol–water partition coefficient (Wildman–Crippen LogP) is 15.7. The second-order valence-corrected chi connectivity index (χ2v) is 15.2. The van der Waals surface area contributed by atoms with Crippen molar-refractivity contribution < 1.29 is 4.42 Å². The largest absolute Gasteiger partial charge is 0.455 e. The summed E-state index contributed by atoms with van der Waals surface area (Å²) in [5.74, 6) is 0. The number of para-hydroxylation sites is 3. The van der Waals surface area contributed by atoms with Crippen molar-refractivity contribution in [3.63, 3.8) is 0 Å². The number of fused-ring (bicyclic) bond motifs is 8. The first kappa shape index (κ1) is 32.6. The fourth-order valence-corrected chi connectivity index (χ4v) is 9.40. The summed E-state index contributed by atoms with van der Waals surface area (Å²) in [4.78, 5) is 0. The van der Waals surface area contributed by atoms with Crippen LogP contribution in [-0.2, 0) is 0 Å². The first-order chi connectivity index (χ1) is 28.8. The molecule has 0 saturated heterocycles. The highest BCUT2D eigenvalue weighted by Gasteiger charge is 2.18. The monoisotopic (exact) mass is 737 g/mol. The van der Waals surface area contributed by atoms with E-state index in [1.54, 1.807) is 0 Å². The summed E-state index contributed by atoms with van der Waals surface area (Å²) >= 11 is 0. The van der Waals surface area contributed by atoms with Gasteiger partial charge in [-0.2, -0.15) is 0 Å². The van der Waals surface area contributed by atoms with Crippen LogP contribution in [0.3, 0.4) is 0 Å². The molecule has 58 heavy (non-hydrogen) atoms. The average Bonchev–Trinajstić information content (AvgIpc) is 3.84. The van der Waals surface area contributed by atoms with Crippen molar-refractivity contribution in [1.29, 1.82) is 0 Å². The maximum absolute atomic E-state index is 6.44. The molecule has 0 atom stereocenters. The lowest BCUT2D eigenvalue weighted by Crippen LogP contribution is -1.95. The highest BCUT2D eigenvalue weighted by molar-refractivity contribution is 6.21. The summed E-state index contributed by atoms with van der Waals surface area (Å²) in [6.07, 6.45) is 0. The molecule has 0 saturated carbocycles. The van der Waals surface area contributed by atoms with Gasteiger partial charge in [0.2, 0.25) is 0 Å². The van der Waals surface area contributed by atoms with Crippen molar-refractivity contribution in [2.75, 3.05) is 0 Å². The summed E-state index contributed by atoms with van der Waals surface area (Å²) in [5.41, 5.74) is 14.9. The van der Waals surface area contributed by atoms with Crippen LogP contribution >= 0.6 is 0 Å². The van der Waals surface area contributed by atoms with Gasteiger partial charge < -0.3 is 8.98 Å². The Morgan fingerprint density at radius 3 is 1.52 bits per heavy atom. The molecule has 0 aliphatic carbocycles. The maximum atomic E-state index is 6.44. The SMILES string of the molecule is c1ccc(-c2c3ccccc3c(-c3ccc(-n4c5ccccc5c5ccc(-c6cccc(-c7cccc8c7oc7ccccc78)c6)cc54)cc3)c3ccccc23)cc1. The van der Waals surface area contributed by atoms with Gasteiger partial charge in [0.1, 0.15) is 11.2 Å². The van der Waals surface area contributed by atoms with E-state index < -0.39 is 0 Å². The Morgan fingerprint density at radius 2 is 0.793 bits per heavy atom. The molecule has 12 rings (SSSR count). The molecule has 0 spiro atoms. The van der Waals surface area contributed by atoms with E-state index in [9.17, 15) is 0 Å². The summed E-state index contributed by atoms with van der Waals surface area (Å²) in [6.45, 7) is 0. The van der Waals surface area contributed by atoms with E-state index in [0.29, 0.717) is 0 Å². The predicted molar refractivity (Wildman–Crippen MR) is 245 cm³/mol. The summed E-state index contributed by atoms with van der Waals surface area (Å²) < 4.78 is 8.86. The van der Waals surface area contributed by atoms with Crippen LogP contribution in [0.4, 0.5) is 0 Å². The van der Waals surface area contributed by atoms with Gasteiger partial charge >= 0.3 is 0 Å². The minimum atomic E-state index is 0.912. The molecule has 0 aliphatic heterocycles. The van der Waals surface area contributed by atoms with E-state index in [1.165, 1.54) is 71.2 Å². The summed E-state index contributed by atoms with van der Waals surface area (Å²) in [5, 5.41) is 9.80. The molecule has 2 aromatic heterocycles. The van der Waals surface area contributed by atoms with Crippen LogP contribution in [0.5, 0.6) is 0 Å². The zero-order valence-corrected chi connectivity index (χ0v) is 31.6. The lowest BCUT2D eigenvalue weighted by Gasteiger charge is -2.18. The second-order valence-electron chi connectivity index (χ2n) is 15.2. The number of benzene rings is 10. The van der Waals surface area contributed by atoms with Gasteiger partial charge in [-0.15, -0.1) is 0 Å². The molecule has 12 aromatic rings. The Morgan fingerprint density at radius 1 is 0.293 bits per heavy atom. The fraction of sp³-hybridized carbons (Fsp3) is 0. The zero-order chi connectivity index (χ0) is 38.2. The molecule has 2 nitrogen and oxygen atoms in total. The van der Waals surface area contributed by atoms with E-state index in [0.717, 1.165) is 44.3 Å². The molecule has 2 heterocycles. The summed E-state index contributed by atoms with van der Waals surface area (Å²) in [6, 6.07) is 76.9. The van der Waals surface area contributed by atoms with E-state index >= 15 is 0 Å². The van der Waals surface area contributed by atoms with Crippen molar-refractivity contribution in [2.24, 2.45) is 0 Å². The molecule has 2 heteroatoms. The third kappa shape index (κ3) is 4.99. The third-order valence-electron chi connectivity index (χ3n) is 12.0. The van der Waals surface area contributed by atoms with E-state index in [-0.39, 0.29) is 0 Å². The molecule has 0 N–H and O–H groups in total.